The van der Waals surface area contributed by atoms with Gasteiger partial charge in [0.25, 0.3) is 0 Å². The van der Waals surface area contributed by atoms with Gasteiger partial charge in [-0.15, -0.1) is 0 Å². The number of benzene rings is 1. The van der Waals surface area contributed by atoms with Gasteiger partial charge < -0.3 is 19.5 Å². The SMILES string of the molecule is CCCNC(CCc1ccc2c(c1)CCO2)C(OC)OC. The summed E-state index contributed by atoms with van der Waals surface area (Å²) >= 11 is 0. The first-order valence-corrected chi connectivity index (χ1v) is 7.82. The first kappa shape index (κ1) is 16.3. The van der Waals surface area contributed by atoms with Crippen LogP contribution in [0, 0.1) is 0 Å². The van der Waals surface area contributed by atoms with Crippen molar-refractivity contribution in [1.29, 1.82) is 0 Å². The maximum absolute atomic E-state index is 5.55. The van der Waals surface area contributed by atoms with Crippen molar-refractivity contribution in [3.63, 3.8) is 0 Å². The lowest BCUT2D eigenvalue weighted by Gasteiger charge is -2.26. The molecule has 1 N–H and O–H groups in total. The minimum Gasteiger partial charge on any atom is -0.493 e. The van der Waals surface area contributed by atoms with Crippen LogP contribution in [-0.4, -0.2) is 39.7 Å². The summed E-state index contributed by atoms with van der Waals surface area (Å²) in [6, 6.07) is 6.74. The Morgan fingerprint density at radius 2 is 2.10 bits per heavy atom. The van der Waals surface area contributed by atoms with Gasteiger partial charge in [-0.1, -0.05) is 19.1 Å². The Hall–Kier alpha value is -1.10. The molecule has 0 radical (unpaired) electrons. The molecule has 21 heavy (non-hydrogen) atoms. The van der Waals surface area contributed by atoms with E-state index in [1.54, 1.807) is 14.2 Å². The minimum atomic E-state index is -0.200. The number of ether oxygens (including phenoxy) is 3. The monoisotopic (exact) mass is 293 g/mol. The van der Waals surface area contributed by atoms with E-state index in [1.165, 1.54) is 11.1 Å². The second-order valence-electron chi connectivity index (χ2n) is 5.48. The molecule has 118 valence electrons. The number of rotatable bonds is 9. The van der Waals surface area contributed by atoms with Crippen LogP contribution in [0.5, 0.6) is 5.75 Å². The molecule has 0 spiro atoms. The lowest BCUT2D eigenvalue weighted by Crippen LogP contribution is -2.42. The van der Waals surface area contributed by atoms with E-state index in [2.05, 4.69) is 30.4 Å². The molecule has 0 aliphatic carbocycles. The van der Waals surface area contributed by atoms with Gasteiger partial charge in [-0.2, -0.15) is 0 Å². The predicted octanol–water partition coefficient (Wildman–Crippen LogP) is 2.54. The smallest absolute Gasteiger partial charge is 0.171 e. The average molecular weight is 293 g/mol. The zero-order valence-corrected chi connectivity index (χ0v) is 13.4. The molecule has 0 bridgehead atoms. The molecule has 0 saturated carbocycles. The number of nitrogens with one attached hydrogen (secondary N) is 1. The summed E-state index contributed by atoms with van der Waals surface area (Å²) < 4.78 is 16.4. The highest BCUT2D eigenvalue weighted by Gasteiger charge is 2.20. The Balaban J connectivity index is 1.93. The molecule has 0 saturated heterocycles. The molecule has 4 nitrogen and oxygen atoms in total. The van der Waals surface area contributed by atoms with Crippen molar-refractivity contribution >= 4 is 0 Å². The van der Waals surface area contributed by atoms with Gasteiger partial charge in [0.1, 0.15) is 5.75 Å². The first-order valence-electron chi connectivity index (χ1n) is 7.82. The number of methoxy groups -OCH3 is 2. The fourth-order valence-corrected chi connectivity index (χ4v) is 2.81. The van der Waals surface area contributed by atoms with Crippen LogP contribution in [0.15, 0.2) is 18.2 Å². The van der Waals surface area contributed by atoms with Crippen LogP contribution in [0.2, 0.25) is 0 Å². The van der Waals surface area contributed by atoms with Crippen molar-refractivity contribution in [2.24, 2.45) is 0 Å². The van der Waals surface area contributed by atoms with Crippen LogP contribution in [0.4, 0.5) is 0 Å². The van der Waals surface area contributed by atoms with E-state index in [0.29, 0.717) is 0 Å². The lowest BCUT2D eigenvalue weighted by atomic mass is 10.0. The maximum atomic E-state index is 5.55. The normalized spacial score (nSPS) is 15.0. The zero-order valence-electron chi connectivity index (χ0n) is 13.4. The molecule has 4 heteroatoms. The van der Waals surface area contributed by atoms with Crippen molar-refractivity contribution in [3.8, 4) is 5.75 Å². The molecule has 1 atom stereocenters. The largest absolute Gasteiger partial charge is 0.493 e. The standard InChI is InChI=1S/C17H27NO3/c1-4-10-18-15(17(19-2)20-3)7-5-13-6-8-16-14(12-13)9-11-21-16/h6,8,12,15,17-18H,4-5,7,9-11H2,1-3H3. The van der Waals surface area contributed by atoms with Crippen molar-refractivity contribution in [2.75, 3.05) is 27.4 Å². The maximum Gasteiger partial charge on any atom is 0.171 e. The summed E-state index contributed by atoms with van der Waals surface area (Å²) in [7, 11) is 3.39. The number of hydrogen-bond acceptors (Lipinski definition) is 4. The molecule has 0 amide bonds. The Kier molecular flexibility index (Phi) is 6.49. The topological polar surface area (TPSA) is 39.7 Å². The summed E-state index contributed by atoms with van der Waals surface area (Å²) in [6.45, 7) is 3.96. The molecular weight excluding hydrogens is 266 g/mol. The Morgan fingerprint density at radius 3 is 2.81 bits per heavy atom. The minimum absolute atomic E-state index is 0.200. The quantitative estimate of drug-likeness (QED) is 0.710. The molecule has 1 aliphatic rings. The van der Waals surface area contributed by atoms with Crippen LogP contribution in [0.3, 0.4) is 0 Å². The van der Waals surface area contributed by atoms with E-state index < -0.39 is 0 Å². The summed E-state index contributed by atoms with van der Waals surface area (Å²) in [6.07, 6.45) is 3.94. The molecule has 1 aliphatic heterocycles. The van der Waals surface area contributed by atoms with Crippen LogP contribution in [0.25, 0.3) is 0 Å². The second kappa shape index (κ2) is 8.37. The van der Waals surface area contributed by atoms with Crippen molar-refractivity contribution in [3.05, 3.63) is 29.3 Å². The van der Waals surface area contributed by atoms with Gasteiger partial charge in [-0.3, -0.25) is 0 Å². The fraction of sp³-hybridized carbons (Fsp3) is 0.647. The molecule has 0 fully saturated rings. The van der Waals surface area contributed by atoms with Crippen LogP contribution < -0.4 is 10.1 Å². The Morgan fingerprint density at radius 1 is 1.29 bits per heavy atom. The van der Waals surface area contributed by atoms with Crippen molar-refractivity contribution < 1.29 is 14.2 Å². The summed E-state index contributed by atoms with van der Waals surface area (Å²) in [5.74, 6) is 1.05. The molecule has 1 heterocycles. The van der Waals surface area contributed by atoms with Crippen molar-refractivity contribution in [2.45, 2.75) is 44.9 Å². The van der Waals surface area contributed by atoms with E-state index in [-0.39, 0.29) is 12.3 Å². The van der Waals surface area contributed by atoms with Gasteiger partial charge in [0.05, 0.1) is 12.6 Å². The molecular formula is C17H27NO3. The molecule has 1 aromatic carbocycles. The highest BCUT2D eigenvalue weighted by Crippen LogP contribution is 2.26. The van der Waals surface area contributed by atoms with Gasteiger partial charge in [0.15, 0.2) is 6.29 Å². The third-order valence-corrected chi connectivity index (χ3v) is 3.95. The average Bonchev–Trinajstić information content (AvgIpc) is 2.98. The fourth-order valence-electron chi connectivity index (χ4n) is 2.81. The van der Waals surface area contributed by atoms with Gasteiger partial charge in [-0.25, -0.2) is 0 Å². The summed E-state index contributed by atoms with van der Waals surface area (Å²) in [5, 5.41) is 3.52. The Bertz CT molecular complexity index is 432. The summed E-state index contributed by atoms with van der Waals surface area (Å²) in [5.41, 5.74) is 2.69. The van der Waals surface area contributed by atoms with Gasteiger partial charge in [0.2, 0.25) is 0 Å². The van der Waals surface area contributed by atoms with E-state index in [0.717, 1.165) is 44.6 Å². The first-order chi connectivity index (χ1) is 10.3. The zero-order chi connectivity index (χ0) is 15.1. The molecule has 2 rings (SSSR count). The number of hydrogen-bond donors (Lipinski definition) is 1. The molecule has 1 aromatic rings. The van der Waals surface area contributed by atoms with E-state index in [9.17, 15) is 0 Å². The summed E-state index contributed by atoms with van der Waals surface area (Å²) in [4.78, 5) is 0. The third kappa shape index (κ3) is 4.43. The van der Waals surface area contributed by atoms with Crippen LogP contribution in [-0.2, 0) is 22.3 Å². The lowest BCUT2D eigenvalue weighted by molar-refractivity contribution is -0.123. The van der Waals surface area contributed by atoms with E-state index >= 15 is 0 Å². The third-order valence-electron chi connectivity index (χ3n) is 3.95. The number of aryl methyl sites for hydroxylation is 1. The predicted molar refractivity (Wildman–Crippen MR) is 83.8 cm³/mol. The van der Waals surface area contributed by atoms with Crippen LogP contribution in [0.1, 0.15) is 30.9 Å². The van der Waals surface area contributed by atoms with Gasteiger partial charge in [-0.05, 0) is 43.0 Å². The van der Waals surface area contributed by atoms with Crippen LogP contribution >= 0.6 is 0 Å². The molecule has 0 aromatic heterocycles. The van der Waals surface area contributed by atoms with Gasteiger partial charge >= 0.3 is 0 Å². The number of fused-ring (bicyclic) bond motifs is 1. The van der Waals surface area contributed by atoms with Crippen molar-refractivity contribution in [1.82, 2.24) is 5.32 Å². The van der Waals surface area contributed by atoms with Gasteiger partial charge in [0, 0.05) is 20.6 Å². The second-order valence-corrected chi connectivity index (χ2v) is 5.48. The Labute approximate surface area is 127 Å². The highest BCUT2D eigenvalue weighted by molar-refractivity contribution is 5.39. The van der Waals surface area contributed by atoms with E-state index in [1.807, 2.05) is 0 Å². The highest BCUT2D eigenvalue weighted by atomic mass is 16.7. The molecule has 1 unspecified atom stereocenters. The van der Waals surface area contributed by atoms with E-state index in [4.69, 9.17) is 14.2 Å².